The first kappa shape index (κ1) is 14.5. The van der Waals surface area contributed by atoms with Gasteiger partial charge in [-0.25, -0.2) is 0 Å². The lowest BCUT2D eigenvalue weighted by Gasteiger charge is -2.50. The molecule has 2 aromatic carbocycles. The lowest BCUT2D eigenvalue weighted by molar-refractivity contribution is 0.448. The third-order valence-electron chi connectivity index (χ3n) is 5.38. The number of rotatable bonds is 2. The first-order valence-corrected chi connectivity index (χ1v) is 8.56. The molecular weight excluding hydrogens is 276 g/mol. The van der Waals surface area contributed by atoms with E-state index in [4.69, 9.17) is 0 Å². The van der Waals surface area contributed by atoms with E-state index in [0.717, 1.165) is 0 Å². The van der Waals surface area contributed by atoms with Gasteiger partial charge in [0.1, 0.15) is 0 Å². The summed E-state index contributed by atoms with van der Waals surface area (Å²) in [5, 5.41) is 0. The van der Waals surface area contributed by atoms with E-state index in [0.29, 0.717) is 5.92 Å². The first-order chi connectivity index (χ1) is 11.0. The van der Waals surface area contributed by atoms with Gasteiger partial charge in [0, 0.05) is 0 Å². The van der Waals surface area contributed by atoms with Crippen molar-refractivity contribution < 1.29 is 0 Å². The molecule has 0 radical (unpaired) electrons. The van der Waals surface area contributed by atoms with Crippen LogP contribution in [0.1, 0.15) is 38.8 Å². The summed E-state index contributed by atoms with van der Waals surface area (Å²) < 4.78 is 0. The second-order valence-corrected chi connectivity index (χ2v) is 7.89. The Morgan fingerprint density at radius 2 is 1.26 bits per heavy atom. The Balaban J connectivity index is 2.03. The smallest absolute Gasteiger partial charge is 0.0673 e. The molecule has 0 nitrogen and oxygen atoms in total. The van der Waals surface area contributed by atoms with Crippen LogP contribution < -0.4 is 0 Å². The fourth-order valence-corrected chi connectivity index (χ4v) is 4.69. The summed E-state index contributed by atoms with van der Waals surface area (Å²) in [7, 11) is 0. The van der Waals surface area contributed by atoms with E-state index in [9.17, 15) is 0 Å². The van der Waals surface area contributed by atoms with Crippen molar-refractivity contribution in [2.45, 2.75) is 33.1 Å². The molecule has 0 heterocycles. The van der Waals surface area contributed by atoms with Gasteiger partial charge in [-0.2, -0.15) is 0 Å². The molecule has 0 fully saturated rings. The van der Waals surface area contributed by atoms with Crippen LogP contribution in [0.15, 0.2) is 83.5 Å². The first-order valence-electron chi connectivity index (χ1n) is 8.56. The van der Waals surface area contributed by atoms with E-state index >= 15 is 0 Å². The van der Waals surface area contributed by atoms with Crippen LogP contribution in [0, 0.1) is 11.3 Å². The highest BCUT2D eigenvalue weighted by atomic mass is 14.6. The largest absolute Gasteiger partial charge is 0.0724 e. The van der Waals surface area contributed by atoms with Crippen LogP contribution >= 0.6 is 0 Å². The van der Waals surface area contributed by atoms with Gasteiger partial charge in [-0.05, 0) is 39.2 Å². The summed E-state index contributed by atoms with van der Waals surface area (Å²) in [6.45, 7) is 9.37. The van der Waals surface area contributed by atoms with Gasteiger partial charge >= 0.3 is 0 Å². The zero-order valence-corrected chi connectivity index (χ0v) is 14.4. The van der Waals surface area contributed by atoms with Crippen LogP contribution in [0.4, 0.5) is 0 Å². The van der Waals surface area contributed by atoms with Gasteiger partial charge in [-0.3, -0.25) is 0 Å². The molecule has 23 heavy (non-hydrogen) atoms. The zero-order chi connectivity index (χ0) is 16.2. The summed E-state index contributed by atoms with van der Waals surface area (Å²) in [5.41, 5.74) is 7.72. The van der Waals surface area contributed by atoms with Crippen molar-refractivity contribution >= 4 is 0 Å². The minimum absolute atomic E-state index is 0.0233. The molecule has 3 aliphatic carbocycles. The van der Waals surface area contributed by atoms with Gasteiger partial charge in [0.15, 0.2) is 0 Å². The van der Waals surface area contributed by atoms with Gasteiger partial charge in [0.05, 0.1) is 5.41 Å². The number of benzene rings is 2. The number of hydrogen-bond donors (Lipinski definition) is 0. The van der Waals surface area contributed by atoms with Crippen molar-refractivity contribution in [3.8, 4) is 0 Å². The Labute approximate surface area is 139 Å². The molecule has 0 spiro atoms. The van der Waals surface area contributed by atoms with E-state index in [1.807, 2.05) is 0 Å². The van der Waals surface area contributed by atoms with Gasteiger partial charge in [0.2, 0.25) is 0 Å². The predicted molar refractivity (Wildman–Crippen MR) is 97.4 cm³/mol. The van der Waals surface area contributed by atoms with Crippen molar-refractivity contribution in [1.82, 2.24) is 0 Å². The van der Waals surface area contributed by atoms with Gasteiger partial charge in [0.25, 0.3) is 0 Å². The Morgan fingerprint density at radius 1 is 0.783 bits per heavy atom. The maximum atomic E-state index is 2.50. The molecule has 3 aliphatic rings. The number of hydrogen-bond acceptors (Lipinski definition) is 0. The lowest BCUT2D eigenvalue weighted by Crippen LogP contribution is -2.43. The van der Waals surface area contributed by atoms with E-state index < -0.39 is 0 Å². The van der Waals surface area contributed by atoms with E-state index in [-0.39, 0.29) is 10.8 Å². The minimum atomic E-state index is -0.0233. The normalized spacial score (nSPS) is 21.9. The van der Waals surface area contributed by atoms with Crippen LogP contribution in [0.3, 0.4) is 0 Å². The molecule has 0 N–H and O–H groups in total. The third-order valence-corrected chi connectivity index (χ3v) is 5.38. The van der Waals surface area contributed by atoms with Crippen LogP contribution in [-0.2, 0) is 5.41 Å². The van der Waals surface area contributed by atoms with Crippen LogP contribution in [0.25, 0.3) is 0 Å². The highest BCUT2D eigenvalue weighted by molar-refractivity contribution is 5.78. The molecule has 0 heteroatoms. The second-order valence-electron chi connectivity index (χ2n) is 7.89. The second kappa shape index (κ2) is 4.71. The SMILES string of the molecule is CC1C=C2C(C(C)(C)C)=C1C2(c1ccccc1)c1ccccc1. The van der Waals surface area contributed by atoms with Crippen molar-refractivity contribution in [3.63, 3.8) is 0 Å². The number of fused-ring (bicyclic) bond motifs is 1. The molecule has 2 aromatic rings. The molecule has 0 saturated heterocycles. The van der Waals surface area contributed by atoms with E-state index in [2.05, 4.69) is 94.4 Å². The molecule has 0 amide bonds. The fraction of sp³-hybridized carbons (Fsp3) is 0.304. The van der Waals surface area contributed by atoms with E-state index in [1.54, 1.807) is 11.1 Å². The maximum Gasteiger partial charge on any atom is 0.0673 e. The summed E-state index contributed by atoms with van der Waals surface area (Å²) in [6.07, 6.45) is 2.50. The van der Waals surface area contributed by atoms with Gasteiger partial charge in [-0.15, -0.1) is 0 Å². The quantitative estimate of drug-likeness (QED) is 0.647. The molecular formula is C23H24. The van der Waals surface area contributed by atoms with E-state index in [1.165, 1.54) is 16.7 Å². The lowest BCUT2D eigenvalue weighted by atomic mass is 9.52. The molecule has 0 aromatic heterocycles. The number of allylic oxidation sites excluding steroid dienone is 4. The third kappa shape index (κ3) is 1.78. The standard InChI is InChI=1S/C23H24/c1-16-15-19-21(22(2,3)4)20(16)23(19,17-11-7-5-8-12-17)18-13-9-6-10-14-18/h5-16H,1-4H3. The molecule has 0 saturated carbocycles. The summed E-state index contributed by atoms with van der Waals surface area (Å²) >= 11 is 0. The average molecular weight is 300 g/mol. The minimum Gasteiger partial charge on any atom is -0.0724 e. The molecule has 0 aliphatic heterocycles. The van der Waals surface area contributed by atoms with Gasteiger partial charge < -0.3 is 0 Å². The zero-order valence-electron chi connectivity index (χ0n) is 14.4. The predicted octanol–water partition coefficient (Wildman–Crippen LogP) is 5.91. The topological polar surface area (TPSA) is 0 Å². The highest BCUT2D eigenvalue weighted by Gasteiger charge is 2.58. The summed E-state index contributed by atoms with van der Waals surface area (Å²) in [5.74, 6) is 0.527. The summed E-state index contributed by atoms with van der Waals surface area (Å²) in [6, 6.07) is 22.0. The highest BCUT2D eigenvalue weighted by Crippen LogP contribution is 2.67. The maximum absolute atomic E-state index is 2.50. The monoisotopic (exact) mass is 300 g/mol. The van der Waals surface area contributed by atoms with Crippen molar-refractivity contribution in [2.75, 3.05) is 0 Å². The van der Waals surface area contributed by atoms with Crippen LogP contribution in [-0.4, -0.2) is 0 Å². The molecule has 5 rings (SSSR count). The van der Waals surface area contributed by atoms with Crippen molar-refractivity contribution in [2.24, 2.45) is 11.3 Å². The van der Waals surface area contributed by atoms with Gasteiger partial charge in [-0.1, -0.05) is 94.4 Å². The van der Waals surface area contributed by atoms with Crippen LogP contribution in [0.2, 0.25) is 0 Å². The Morgan fingerprint density at radius 3 is 1.61 bits per heavy atom. The molecule has 1 atom stereocenters. The summed E-state index contributed by atoms with van der Waals surface area (Å²) in [4.78, 5) is 0. The fourth-order valence-electron chi connectivity index (χ4n) is 4.69. The molecule has 2 bridgehead atoms. The van der Waals surface area contributed by atoms with Crippen molar-refractivity contribution in [3.05, 3.63) is 94.6 Å². The molecule has 1 unspecified atom stereocenters. The van der Waals surface area contributed by atoms with Crippen LogP contribution in [0.5, 0.6) is 0 Å². The van der Waals surface area contributed by atoms with Crippen molar-refractivity contribution in [1.29, 1.82) is 0 Å². The Kier molecular flexibility index (Phi) is 2.97. The average Bonchev–Trinajstić information content (AvgIpc) is 3.02. The molecule has 116 valence electrons. The Hall–Kier alpha value is -2.08. The Bertz CT molecular complexity index is 759.